The highest BCUT2D eigenvalue weighted by Gasteiger charge is 2.21. The van der Waals surface area contributed by atoms with Gasteiger partial charge in [-0.05, 0) is 43.5 Å². The Bertz CT molecular complexity index is 632. The van der Waals surface area contributed by atoms with Gasteiger partial charge in [-0.15, -0.1) is 0 Å². The van der Waals surface area contributed by atoms with Crippen LogP contribution in [0.2, 0.25) is 0 Å². The van der Waals surface area contributed by atoms with Crippen molar-refractivity contribution in [3.63, 3.8) is 0 Å². The number of benzene rings is 1. The summed E-state index contributed by atoms with van der Waals surface area (Å²) in [5, 5.41) is 3.26. The van der Waals surface area contributed by atoms with E-state index >= 15 is 0 Å². The number of aliphatic imine (C=N–C) groups is 1. The lowest BCUT2D eigenvalue weighted by Gasteiger charge is -2.38. The second-order valence-corrected chi connectivity index (χ2v) is 7.01. The van der Waals surface area contributed by atoms with Crippen molar-refractivity contribution in [2.24, 2.45) is 4.99 Å². The van der Waals surface area contributed by atoms with E-state index in [-0.39, 0.29) is 5.91 Å². The zero-order valence-corrected chi connectivity index (χ0v) is 16.5. The third-order valence-corrected chi connectivity index (χ3v) is 5.34. The number of piperidine rings is 1. The van der Waals surface area contributed by atoms with E-state index in [1.807, 2.05) is 17.0 Å². The molecule has 1 aromatic rings. The lowest BCUT2D eigenvalue weighted by atomic mass is 10.1. The number of methoxy groups -OCH3 is 1. The zero-order valence-electron chi connectivity index (χ0n) is 16.5. The number of likely N-dealkylation sites (tertiary alicyclic amines) is 1. The Morgan fingerprint density at radius 2 is 1.67 bits per heavy atom. The van der Waals surface area contributed by atoms with Crippen LogP contribution in [0.5, 0.6) is 5.75 Å². The first kappa shape index (κ1) is 19.3. The molecule has 2 aliphatic rings. The fourth-order valence-corrected chi connectivity index (χ4v) is 3.71. The Labute approximate surface area is 162 Å². The average molecular weight is 374 g/mol. The largest absolute Gasteiger partial charge is 0.497 e. The Kier molecular flexibility index (Phi) is 6.79. The molecule has 0 bridgehead atoms. The van der Waals surface area contributed by atoms with Gasteiger partial charge in [-0.25, -0.2) is 0 Å². The quantitative estimate of drug-likeness (QED) is 0.639. The summed E-state index contributed by atoms with van der Waals surface area (Å²) >= 11 is 0. The number of hydrogen-bond acceptors (Lipinski definition) is 4. The molecule has 1 amide bonds. The summed E-state index contributed by atoms with van der Waals surface area (Å²) in [5.41, 5.74) is 1.21. The smallest absolute Gasteiger partial charge is 0.241 e. The number of rotatable bonds is 4. The first-order valence-corrected chi connectivity index (χ1v) is 9.83. The van der Waals surface area contributed by atoms with E-state index < -0.39 is 0 Å². The van der Waals surface area contributed by atoms with Gasteiger partial charge in [-0.1, -0.05) is 0 Å². The molecule has 2 fully saturated rings. The fraction of sp³-hybridized carbons (Fsp3) is 0.600. The number of nitrogens with one attached hydrogen (secondary N) is 1. The average Bonchev–Trinajstić information content (AvgIpc) is 2.75. The van der Waals surface area contributed by atoms with Crippen molar-refractivity contribution >= 4 is 17.6 Å². The number of carbonyl (C=O) groups excluding carboxylic acids is 1. The normalized spacial score (nSPS) is 18.4. The summed E-state index contributed by atoms with van der Waals surface area (Å²) in [6.07, 6.45) is 3.47. The van der Waals surface area contributed by atoms with Crippen molar-refractivity contribution in [2.45, 2.75) is 19.3 Å². The van der Waals surface area contributed by atoms with E-state index in [0.29, 0.717) is 6.54 Å². The van der Waals surface area contributed by atoms with Gasteiger partial charge in [0.15, 0.2) is 5.96 Å². The molecular formula is C20H31N5O2. The predicted molar refractivity (Wildman–Crippen MR) is 109 cm³/mol. The molecule has 7 heteroatoms. The number of nitrogens with zero attached hydrogens (tertiary/aromatic N) is 4. The minimum atomic E-state index is 0.174. The Morgan fingerprint density at radius 1 is 1.00 bits per heavy atom. The fourth-order valence-electron chi connectivity index (χ4n) is 3.71. The minimum Gasteiger partial charge on any atom is -0.497 e. The molecule has 1 N–H and O–H groups in total. The standard InChI is InChI=1S/C20H31N5O2/c1-21-20(22-16-19(26)24-10-4-3-5-11-24)25-14-12-23(13-15-25)17-6-8-18(27-2)9-7-17/h6-9H,3-5,10-16H2,1-2H3,(H,21,22). The zero-order chi connectivity index (χ0) is 19.1. The summed E-state index contributed by atoms with van der Waals surface area (Å²) in [5.74, 6) is 1.86. The van der Waals surface area contributed by atoms with E-state index in [4.69, 9.17) is 4.74 Å². The SMILES string of the molecule is CN=C(NCC(=O)N1CCCCC1)N1CCN(c2ccc(OC)cc2)CC1. The van der Waals surface area contributed by atoms with Crippen LogP contribution in [0.15, 0.2) is 29.3 Å². The highest BCUT2D eigenvalue weighted by atomic mass is 16.5. The Morgan fingerprint density at radius 3 is 2.26 bits per heavy atom. The van der Waals surface area contributed by atoms with Crippen LogP contribution in [0, 0.1) is 0 Å². The molecule has 148 valence electrons. The Hall–Kier alpha value is -2.44. The van der Waals surface area contributed by atoms with Crippen molar-refractivity contribution in [3.8, 4) is 5.75 Å². The van der Waals surface area contributed by atoms with Crippen molar-refractivity contribution in [3.05, 3.63) is 24.3 Å². The maximum Gasteiger partial charge on any atom is 0.241 e. The summed E-state index contributed by atoms with van der Waals surface area (Å²) in [6, 6.07) is 8.18. The summed E-state index contributed by atoms with van der Waals surface area (Å²) < 4.78 is 5.23. The van der Waals surface area contributed by atoms with Gasteiger partial charge in [-0.3, -0.25) is 9.79 Å². The molecular weight excluding hydrogens is 342 g/mol. The van der Waals surface area contributed by atoms with E-state index in [9.17, 15) is 4.79 Å². The minimum absolute atomic E-state index is 0.174. The molecule has 0 unspecified atom stereocenters. The third kappa shape index (κ3) is 5.05. The van der Waals surface area contributed by atoms with Crippen LogP contribution in [0.1, 0.15) is 19.3 Å². The van der Waals surface area contributed by atoms with Gasteiger partial charge in [0.2, 0.25) is 5.91 Å². The van der Waals surface area contributed by atoms with Crippen molar-refractivity contribution in [1.82, 2.24) is 15.1 Å². The van der Waals surface area contributed by atoms with Crippen molar-refractivity contribution in [2.75, 3.05) is 64.9 Å². The number of carbonyl (C=O) groups is 1. The van der Waals surface area contributed by atoms with Gasteiger partial charge in [0.05, 0.1) is 13.7 Å². The van der Waals surface area contributed by atoms with Crippen molar-refractivity contribution < 1.29 is 9.53 Å². The van der Waals surface area contributed by atoms with Gasteiger partial charge in [-0.2, -0.15) is 0 Å². The molecule has 0 aromatic heterocycles. The molecule has 2 heterocycles. The highest BCUT2D eigenvalue weighted by molar-refractivity contribution is 5.86. The molecule has 0 spiro atoms. The third-order valence-electron chi connectivity index (χ3n) is 5.34. The van der Waals surface area contributed by atoms with Gasteiger partial charge in [0.1, 0.15) is 5.75 Å². The van der Waals surface area contributed by atoms with Crippen LogP contribution in [0.25, 0.3) is 0 Å². The van der Waals surface area contributed by atoms with Crippen molar-refractivity contribution in [1.29, 1.82) is 0 Å². The second kappa shape index (κ2) is 9.48. The summed E-state index contributed by atoms with van der Waals surface area (Å²) in [6.45, 7) is 5.71. The number of guanidine groups is 1. The molecule has 0 atom stereocenters. The molecule has 2 saturated heterocycles. The molecule has 1 aromatic carbocycles. The van der Waals surface area contributed by atoms with Crippen LogP contribution in [0.3, 0.4) is 0 Å². The van der Waals surface area contributed by atoms with E-state index in [1.165, 1.54) is 12.1 Å². The van der Waals surface area contributed by atoms with E-state index in [0.717, 1.165) is 63.8 Å². The number of piperazine rings is 1. The van der Waals surface area contributed by atoms with Crippen LogP contribution < -0.4 is 15.0 Å². The first-order valence-electron chi connectivity index (χ1n) is 9.83. The summed E-state index contributed by atoms with van der Waals surface area (Å²) in [7, 11) is 3.46. The maximum absolute atomic E-state index is 12.4. The molecule has 27 heavy (non-hydrogen) atoms. The lowest BCUT2D eigenvalue weighted by Crippen LogP contribution is -2.54. The van der Waals surface area contributed by atoms with Crippen LogP contribution in [-0.2, 0) is 4.79 Å². The second-order valence-electron chi connectivity index (χ2n) is 7.01. The van der Waals surface area contributed by atoms with Gasteiger partial charge in [0.25, 0.3) is 0 Å². The molecule has 0 radical (unpaired) electrons. The van der Waals surface area contributed by atoms with Crippen LogP contribution in [-0.4, -0.2) is 81.6 Å². The molecule has 0 aliphatic carbocycles. The molecule has 2 aliphatic heterocycles. The Balaban J connectivity index is 1.47. The van der Waals surface area contributed by atoms with Gasteiger partial charge < -0.3 is 24.8 Å². The summed E-state index contributed by atoms with van der Waals surface area (Å²) in [4.78, 5) is 23.3. The van der Waals surface area contributed by atoms with Crippen LogP contribution in [0.4, 0.5) is 5.69 Å². The number of hydrogen-bond donors (Lipinski definition) is 1. The number of anilines is 1. The monoisotopic (exact) mass is 373 g/mol. The van der Waals surface area contributed by atoms with Crippen LogP contribution >= 0.6 is 0 Å². The number of ether oxygens (including phenoxy) is 1. The predicted octanol–water partition coefficient (Wildman–Crippen LogP) is 1.41. The maximum atomic E-state index is 12.4. The molecule has 0 saturated carbocycles. The van der Waals surface area contributed by atoms with Gasteiger partial charge in [0, 0.05) is 52.0 Å². The van der Waals surface area contributed by atoms with E-state index in [2.05, 4.69) is 32.2 Å². The highest BCUT2D eigenvalue weighted by Crippen LogP contribution is 2.20. The molecule has 3 rings (SSSR count). The van der Waals surface area contributed by atoms with Gasteiger partial charge >= 0.3 is 0 Å². The topological polar surface area (TPSA) is 60.4 Å². The molecule has 7 nitrogen and oxygen atoms in total. The van der Waals surface area contributed by atoms with E-state index in [1.54, 1.807) is 14.2 Å². The number of amides is 1. The first-order chi connectivity index (χ1) is 13.2. The lowest BCUT2D eigenvalue weighted by molar-refractivity contribution is -0.130.